The van der Waals surface area contributed by atoms with Gasteiger partial charge in [-0.3, -0.25) is 4.68 Å². The Balaban J connectivity index is 1.80. The molecule has 1 heterocycles. The standard InChI is InChI=1S/C14H16ClN3S/c1-18-9-12(8-17-18)19-14-10(3-2-4-13(14)15)7-16-11-5-6-11/h2-4,8-9,11,16H,5-7H2,1H3. The van der Waals surface area contributed by atoms with E-state index in [1.54, 1.807) is 16.4 Å². The molecule has 19 heavy (non-hydrogen) atoms. The summed E-state index contributed by atoms with van der Waals surface area (Å²) < 4.78 is 1.81. The van der Waals surface area contributed by atoms with E-state index in [1.165, 1.54) is 18.4 Å². The predicted molar refractivity (Wildman–Crippen MR) is 78.6 cm³/mol. The van der Waals surface area contributed by atoms with Crippen molar-refractivity contribution in [2.24, 2.45) is 7.05 Å². The zero-order chi connectivity index (χ0) is 13.2. The Morgan fingerprint density at radius 2 is 2.32 bits per heavy atom. The lowest BCUT2D eigenvalue weighted by Gasteiger charge is -2.10. The summed E-state index contributed by atoms with van der Waals surface area (Å²) in [6, 6.07) is 6.80. The van der Waals surface area contributed by atoms with Gasteiger partial charge in [-0.05, 0) is 24.5 Å². The summed E-state index contributed by atoms with van der Waals surface area (Å²) in [7, 11) is 1.92. The molecule has 100 valence electrons. The molecule has 0 bridgehead atoms. The Kier molecular flexibility index (Phi) is 3.82. The summed E-state index contributed by atoms with van der Waals surface area (Å²) in [6.45, 7) is 0.883. The van der Waals surface area contributed by atoms with E-state index in [2.05, 4.69) is 16.5 Å². The first kappa shape index (κ1) is 13.0. The van der Waals surface area contributed by atoms with E-state index in [0.717, 1.165) is 21.4 Å². The van der Waals surface area contributed by atoms with Crippen molar-refractivity contribution in [3.63, 3.8) is 0 Å². The minimum Gasteiger partial charge on any atom is -0.310 e. The van der Waals surface area contributed by atoms with Gasteiger partial charge < -0.3 is 5.32 Å². The smallest absolute Gasteiger partial charge is 0.0629 e. The molecule has 0 spiro atoms. The second-order valence-corrected chi connectivity index (χ2v) is 6.33. The zero-order valence-electron chi connectivity index (χ0n) is 10.8. The fourth-order valence-corrected chi connectivity index (χ4v) is 3.21. The molecular weight excluding hydrogens is 278 g/mol. The summed E-state index contributed by atoms with van der Waals surface area (Å²) in [6.07, 6.45) is 6.47. The average molecular weight is 294 g/mol. The van der Waals surface area contributed by atoms with Gasteiger partial charge in [0.2, 0.25) is 0 Å². The predicted octanol–water partition coefficient (Wildman–Crippen LogP) is 3.48. The van der Waals surface area contributed by atoms with Crippen LogP contribution in [0, 0.1) is 0 Å². The Morgan fingerprint density at radius 1 is 1.47 bits per heavy atom. The highest BCUT2D eigenvalue weighted by atomic mass is 35.5. The number of halogens is 1. The van der Waals surface area contributed by atoms with Crippen LogP contribution in [0.15, 0.2) is 40.4 Å². The van der Waals surface area contributed by atoms with E-state index in [0.29, 0.717) is 6.04 Å². The zero-order valence-corrected chi connectivity index (χ0v) is 12.3. The number of aryl methyl sites for hydroxylation is 1. The molecule has 0 amide bonds. The molecule has 1 aromatic heterocycles. The van der Waals surface area contributed by atoms with Crippen molar-refractivity contribution in [1.82, 2.24) is 15.1 Å². The van der Waals surface area contributed by atoms with Gasteiger partial charge in [0.1, 0.15) is 0 Å². The van der Waals surface area contributed by atoms with Gasteiger partial charge in [0.05, 0.1) is 16.1 Å². The maximum atomic E-state index is 6.34. The van der Waals surface area contributed by atoms with Crippen molar-refractivity contribution in [3.8, 4) is 0 Å². The van der Waals surface area contributed by atoms with Crippen molar-refractivity contribution in [3.05, 3.63) is 41.2 Å². The molecule has 1 aliphatic rings. The number of nitrogens with one attached hydrogen (secondary N) is 1. The minimum atomic E-state index is 0.704. The molecule has 1 aliphatic carbocycles. The molecule has 1 saturated carbocycles. The van der Waals surface area contributed by atoms with E-state index < -0.39 is 0 Å². The summed E-state index contributed by atoms with van der Waals surface area (Å²) in [5.74, 6) is 0. The van der Waals surface area contributed by atoms with Gasteiger partial charge in [0.25, 0.3) is 0 Å². The summed E-state index contributed by atoms with van der Waals surface area (Å²) in [5, 5.41) is 8.54. The number of rotatable bonds is 5. The maximum absolute atomic E-state index is 6.34. The lowest BCUT2D eigenvalue weighted by Crippen LogP contribution is -2.15. The molecule has 3 rings (SSSR count). The molecule has 1 fully saturated rings. The van der Waals surface area contributed by atoms with Gasteiger partial charge in [-0.1, -0.05) is 35.5 Å². The van der Waals surface area contributed by atoms with Gasteiger partial charge in [-0.15, -0.1) is 0 Å². The van der Waals surface area contributed by atoms with Crippen LogP contribution in [0.4, 0.5) is 0 Å². The van der Waals surface area contributed by atoms with Crippen molar-refractivity contribution in [2.45, 2.75) is 35.2 Å². The van der Waals surface area contributed by atoms with Gasteiger partial charge >= 0.3 is 0 Å². The molecule has 0 aliphatic heterocycles. The van der Waals surface area contributed by atoms with Crippen molar-refractivity contribution < 1.29 is 0 Å². The van der Waals surface area contributed by atoms with E-state index in [9.17, 15) is 0 Å². The van der Waals surface area contributed by atoms with Gasteiger partial charge in [0, 0.05) is 30.7 Å². The molecule has 1 N–H and O–H groups in total. The highest BCUT2D eigenvalue weighted by Gasteiger charge is 2.21. The first-order chi connectivity index (χ1) is 9.22. The molecule has 2 aromatic rings. The van der Waals surface area contributed by atoms with Crippen molar-refractivity contribution in [2.75, 3.05) is 0 Å². The van der Waals surface area contributed by atoms with Crippen LogP contribution in [0.3, 0.4) is 0 Å². The number of benzene rings is 1. The van der Waals surface area contributed by atoms with Crippen molar-refractivity contribution >= 4 is 23.4 Å². The average Bonchev–Trinajstić information content (AvgIpc) is 3.13. The van der Waals surface area contributed by atoms with Crippen LogP contribution in [0.5, 0.6) is 0 Å². The lowest BCUT2D eigenvalue weighted by atomic mass is 10.2. The van der Waals surface area contributed by atoms with Crippen LogP contribution in [0.25, 0.3) is 0 Å². The Labute approximate surface area is 122 Å². The number of aromatic nitrogens is 2. The third-order valence-corrected chi connectivity index (χ3v) is 4.67. The first-order valence-electron chi connectivity index (χ1n) is 6.39. The molecule has 0 saturated heterocycles. The largest absolute Gasteiger partial charge is 0.310 e. The fourth-order valence-electron chi connectivity index (χ4n) is 1.92. The van der Waals surface area contributed by atoms with E-state index in [4.69, 9.17) is 11.6 Å². The molecule has 0 atom stereocenters. The SMILES string of the molecule is Cn1cc(Sc2c(Cl)cccc2CNC2CC2)cn1. The number of hydrogen-bond donors (Lipinski definition) is 1. The Bertz CT molecular complexity index is 578. The first-order valence-corrected chi connectivity index (χ1v) is 7.59. The highest BCUT2D eigenvalue weighted by molar-refractivity contribution is 7.99. The number of nitrogens with zero attached hydrogens (tertiary/aromatic N) is 2. The molecule has 1 aromatic carbocycles. The van der Waals surface area contributed by atoms with Crippen LogP contribution < -0.4 is 5.32 Å². The molecule has 0 radical (unpaired) electrons. The van der Waals surface area contributed by atoms with Gasteiger partial charge in [-0.2, -0.15) is 5.10 Å². The second-order valence-electron chi connectivity index (χ2n) is 4.84. The lowest BCUT2D eigenvalue weighted by molar-refractivity contribution is 0.680. The molecule has 5 heteroatoms. The Morgan fingerprint density at radius 3 is 3.00 bits per heavy atom. The van der Waals surface area contributed by atoms with Crippen LogP contribution in [-0.4, -0.2) is 15.8 Å². The summed E-state index contributed by atoms with van der Waals surface area (Å²) >= 11 is 8.02. The van der Waals surface area contributed by atoms with Crippen LogP contribution >= 0.6 is 23.4 Å². The van der Waals surface area contributed by atoms with E-state index in [1.807, 2.05) is 31.6 Å². The maximum Gasteiger partial charge on any atom is 0.0629 e. The number of hydrogen-bond acceptors (Lipinski definition) is 3. The molecule has 0 unspecified atom stereocenters. The van der Waals surface area contributed by atoms with E-state index >= 15 is 0 Å². The third-order valence-electron chi connectivity index (χ3n) is 3.11. The van der Waals surface area contributed by atoms with Gasteiger partial charge in [0.15, 0.2) is 0 Å². The van der Waals surface area contributed by atoms with Crippen molar-refractivity contribution in [1.29, 1.82) is 0 Å². The normalized spacial score (nSPS) is 14.8. The summed E-state index contributed by atoms with van der Waals surface area (Å²) in [5.41, 5.74) is 1.26. The van der Waals surface area contributed by atoms with Gasteiger partial charge in [-0.25, -0.2) is 0 Å². The third kappa shape index (κ3) is 3.32. The molecule has 3 nitrogen and oxygen atoms in total. The second kappa shape index (κ2) is 5.57. The highest BCUT2D eigenvalue weighted by Crippen LogP contribution is 2.36. The monoisotopic (exact) mass is 293 g/mol. The minimum absolute atomic E-state index is 0.704. The Hall–Kier alpha value is -0.970. The van der Waals surface area contributed by atoms with Crippen LogP contribution in [0.2, 0.25) is 5.02 Å². The summed E-state index contributed by atoms with van der Waals surface area (Å²) in [4.78, 5) is 2.24. The van der Waals surface area contributed by atoms with Crippen LogP contribution in [-0.2, 0) is 13.6 Å². The topological polar surface area (TPSA) is 29.9 Å². The quantitative estimate of drug-likeness (QED) is 0.915. The van der Waals surface area contributed by atoms with Crippen LogP contribution in [0.1, 0.15) is 18.4 Å². The molecular formula is C14H16ClN3S. The fraction of sp³-hybridized carbons (Fsp3) is 0.357. The van der Waals surface area contributed by atoms with E-state index in [-0.39, 0.29) is 0 Å².